The standard InChI is InChI=1S/C15H19NO5/c1-20-12-5-2-6-13(8-12)21-10-14(17)16-7-3-4-11(9-16)15(18)19/h2,5-6,8,11H,3-4,7,9-10H2,1H3,(H,18,19)/t11-/m0/s1. The number of carbonyl (C=O) groups excluding carboxylic acids is 1. The highest BCUT2D eigenvalue weighted by atomic mass is 16.5. The Morgan fingerprint density at radius 2 is 2.14 bits per heavy atom. The molecule has 114 valence electrons. The van der Waals surface area contributed by atoms with Gasteiger partial charge in [0.05, 0.1) is 13.0 Å². The fraction of sp³-hybridized carbons (Fsp3) is 0.467. The maximum Gasteiger partial charge on any atom is 0.308 e. The van der Waals surface area contributed by atoms with Crippen molar-refractivity contribution < 1.29 is 24.2 Å². The zero-order valence-electron chi connectivity index (χ0n) is 11.9. The van der Waals surface area contributed by atoms with Crippen LogP contribution in [0, 0.1) is 5.92 Å². The number of ether oxygens (including phenoxy) is 2. The zero-order valence-corrected chi connectivity index (χ0v) is 11.9. The van der Waals surface area contributed by atoms with Gasteiger partial charge in [-0.1, -0.05) is 6.07 Å². The second-order valence-electron chi connectivity index (χ2n) is 4.98. The Bertz CT molecular complexity index is 517. The third kappa shape index (κ3) is 4.11. The molecule has 1 aromatic carbocycles. The smallest absolute Gasteiger partial charge is 0.308 e. The number of benzene rings is 1. The Balaban J connectivity index is 1.87. The molecule has 1 N–H and O–H groups in total. The Kier molecular flexibility index (Phi) is 5.03. The lowest BCUT2D eigenvalue weighted by atomic mass is 9.98. The van der Waals surface area contributed by atoms with Crippen LogP contribution in [0.1, 0.15) is 12.8 Å². The first-order valence-corrected chi connectivity index (χ1v) is 6.87. The first-order chi connectivity index (χ1) is 10.1. The predicted octanol–water partition coefficient (Wildman–Crippen LogP) is 1.40. The molecule has 6 nitrogen and oxygen atoms in total. The second-order valence-corrected chi connectivity index (χ2v) is 4.98. The predicted molar refractivity (Wildman–Crippen MR) is 75.4 cm³/mol. The second kappa shape index (κ2) is 6.97. The van der Waals surface area contributed by atoms with Crippen LogP contribution < -0.4 is 9.47 Å². The van der Waals surface area contributed by atoms with Crippen LogP contribution in [0.3, 0.4) is 0 Å². The number of hydrogen-bond donors (Lipinski definition) is 1. The molecule has 1 saturated heterocycles. The van der Waals surface area contributed by atoms with E-state index in [0.29, 0.717) is 30.9 Å². The first-order valence-electron chi connectivity index (χ1n) is 6.87. The van der Waals surface area contributed by atoms with E-state index in [1.807, 2.05) is 0 Å². The van der Waals surface area contributed by atoms with Crippen LogP contribution in [0.2, 0.25) is 0 Å². The van der Waals surface area contributed by atoms with Crippen molar-refractivity contribution in [1.82, 2.24) is 4.90 Å². The van der Waals surface area contributed by atoms with E-state index < -0.39 is 11.9 Å². The molecule has 1 atom stereocenters. The van der Waals surface area contributed by atoms with Gasteiger partial charge in [-0.25, -0.2) is 0 Å². The summed E-state index contributed by atoms with van der Waals surface area (Å²) in [6, 6.07) is 7.01. The average molecular weight is 293 g/mol. The van der Waals surface area contributed by atoms with Gasteiger partial charge in [-0.3, -0.25) is 9.59 Å². The third-order valence-corrected chi connectivity index (χ3v) is 3.53. The van der Waals surface area contributed by atoms with Crippen molar-refractivity contribution in [2.45, 2.75) is 12.8 Å². The van der Waals surface area contributed by atoms with Gasteiger partial charge < -0.3 is 19.5 Å². The summed E-state index contributed by atoms with van der Waals surface area (Å²) in [6.07, 6.45) is 1.33. The van der Waals surface area contributed by atoms with Crippen molar-refractivity contribution in [1.29, 1.82) is 0 Å². The van der Waals surface area contributed by atoms with Crippen molar-refractivity contribution in [2.24, 2.45) is 5.92 Å². The number of hydrogen-bond acceptors (Lipinski definition) is 4. The number of piperidine rings is 1. The molecule has 21 heavy (non-hydrogen) atoms. The highest BCUT2D eigenvalue weighted by Crippen LogP contribution is 2.20. The van der Waals surface area contributed by atoms with Crippen LogP contribution in [0.15, 0.2) is 24.3 Å². The van der Waals surface area contributed by atoms with Crippen molar-refractivity contribution >= 4 is 11.9 Å². The molecule has 0 bridgehead atoms. The maximum absolute atomic E-state index is 12.1. The van der Waals surface area contributed by atoms with Crippen LogP contribution in [0.5, 0.6) is 11.5 Å². The lowest BCUT2D eigenvalue weighted by Gasteiger charge is -2.30. The van der Waals surface area contributed by atoms with E-state index in [0.717, 1.165) is 0 Å². The quantitative estimate of drug-likeness (QED) is 0.888. The number of amides is 1. The Hall–Kier alpha value is -2.24. The van der Waals surface area contributed by atoms with Crippen LogP contribution in [0.4, 0.5) is 0 Å². The lowest BCUT2D eigenvalue weighted by Crippen LogP contribution is -2.44. The van der Waals surface area contributed by atoms with Crippen LogP contribution >= 0.6 is 0 Å². The fourth-order valence-corrected chi connectivity index (χ4v) is 2.33. The molecule has 0 aliphatic carbocycles. The molecule has 0 unspecified atom stereocenters. The maximum atomic E-state index is 12.1. The molecule has 0 aromatic heterocycles. The van der Waals surface area contributed by atoms with E-state index in [4.69, 9.17) is 14.6 Å². The van der Waals surface area contributed by atoms with Gasteiger partial charge >= 0.3 is 5.97 Å². The highest BCUT2D eigenvalue weighted by molar-refractivity contribution is 5.79. The number of carbonyl (C=O) groups is 2. The minimum atomic E-state index is -0.846. The minimum Gasteiger partial charge on any atom is -0.497 e. The number of aliphatic carboxylic acids is 1. The number of rotatable bonds is 5. The van der Waals surface area contributed by atoms with Gasteiger partial charge in [0.2, 0.25) is 0 Å². The highest BCUT2D eigenvalue weighted by Gasteiger charge is 2.28. The summed E-state index contributed by atoms with van der Waals surface area (Å²) in [5.74, 6) is -0.303. The Labute approximate surface area is 123 Å². The molecule has 1 heterocycles. The van der Waals surface area contributed by atoms with Crippen LogP contribution in [-0.4, -0.2) is 48.7 Å². The topological polar surface area (TPSA) is 76.1 Å². The molecule has 6 heteroatoms. The minimum absolute atomic E-state index is 0.0977. The molecule has 1 aliphatic rings. The summed E-state index contributed by atoms with van der Waals surface area (Å²) in [5.41, 5.74) is 0. The van der Waals surface area contributed by atoms with Gasteiger partial charge in [-0.05, 0) is 25.0 Å². The molecule has 0 saturated carbocycles. The van der Waals surface area contributed by atoms with Crippen LogP contribution in [0.25, 0.3) is 0 Å². The summed E-state index contributed by atoms with van der Waals surface area (Å²) in [6.45, 7) is 0.749. The summed E-state index contributed by atoms with van der Waals surface area (Å²) in [7, 11) is 1.56. The van der Waals surface area contributed by atoms with E-state index in [1.165, 1.54) is 0 Å². The van der Waals surface area contributed by atoms with Crippen LogP contribution in [-0.2, 0) is 9.59 Å². The van der Waals surface area contributed by atoms with E-state index in [2.05, 4.69) is 0 Å². The van der Waals surface area contributed by atoms with E-state index in [-0.39, 0.29) is 19.1 Å². The fourth-order valence-electron chi connectivity index (χ4n) is 2.33. The Morgan fingerprint density at radius 1 is 1.38 bits per heavy atom. The number of carboxylic acids is 1. The van der Waals surface area contributed by atoms with Crippen molar-refractivity contribution in [2.75, 3.05) is 26.8 Å². The summed E-state index contributed by atoms with van der Waals surface area (Å²) in [5, 5.41) is 9.02. The first kappa shape index (κ1) is 15.2. The molecule has 2 rings (SSSR count). The summed E-state index contributed by atoms with van der Waals surface area (Å²) in [4.78, 5) is 24.6. The number of likely N-dealkylation sites (tertiary alicyclic amines) is 1. The van der Waals surface area contributed by atoms with Gasteiger partial charge in [0.15, 0.2) is 6.61 Å². The molecule has 1 amide bonds. The number of methoxy groups -OCH3 is 1. The van der Waals surface area contributed by atoms with Crippen molar-refractivity contribution in [3.05, 3.63) is 24.3 Å². The Morgan fingerprint density at radius 3 is 2.86 bits per heavy atom. The normalized spacial score (nSPS) is 18.1. The SMILES string of the molecule is COc1cccc(OCC(=O)N2CCC[C@H](C(=O)O)C2)c1. The molecule has 1 aromatic rings. The molecule has 1 aliphatic heterocycles. The lowest BCUT2D eigenvalue weighted by molar-refractivity contribution is -0.146. The monoisotopic (exact) mass is 293 g/mol. The molecule has 1 fully saturated rings. The summed E-state index contributed by atoms with van der Waals surface area (Å²) < 4.78 is 10.5. The van der Waals surface area contributed by atoms with E-state index >= 15 is 0 Å². The number of carboxylic acid groups (broad SMARTS) is 1. The van der Waals surface area contributed by atoms with E-state index in [9.17, 15) is 9.59 Å². The molecule has 0 radical (unpaired) electrons. The largest absolute Gasteiger partial charge is 0.497 e. The third-order valence-electron chi connectivity index (χ3n) is 3.53. The van der Waals surface area contributed by atoms with Gasteiger partial charge in [0.25, 0.3) is 5.91 Å². The molecular formula is C15H19NO5. The van der Waals surface area contributed by atoms with Crippen molar-refractivity contribution in [3.63, 3.8) is 0 Å². The average Bonchev–Trinajstić information content (AvgIpc) is 2.53. The summed E-state index contributed by atoms with van der Waals surface area (Å²) >= 11 is 0. The molecule has 0 spiro atoms. The van der Waals surface area contributed by atoms with E-state index in [1.54, 1.807) is 36.3 Å². The van der Waals surface area contributed by atoms with Gasteiger partial charge in [0.1, 0.15) is 11.5 Å². The van der Waals surface area contributed by atoms with Crippen molar-refractivity contribution in [3.8, 4) is 11.5 Å². The number of nitrogens with zero attached hydrogens (tertiary/aromatic N) is 1. The van der Waals surface area contributed by atoms with Gasteiger partial charge in [-0.2, -0.15) is 0 Å². The van der Waals surface area contributed by atoms with Gasteiger partial charge in [0, 0.05) is 19.2 Å². The zero-order chi connectivity index (χ0) is 15.2. The van der Waals surface area contributed by atoms with Gasteiger partial charge in [-0.15, -0.1) is 0 Å². The molecular weight excluding hydrogens is 274 g/mol.